The minimum atomic E-state index is 0.546. The molecule has 0 radical (unpaired) electrons. The molecule has 0 aromatic carbocycles. The molecular formula is C11H17N5. The molecule has 0 saturated heterocycles. The van der Waals surface area contributed by atoms with Gasteiger partial charge in [-0.05, 0) is 25.3 Å². The molecule has 2 aromatic rings. The topological polar surface area (TPSA) is 72.5 Å². The van der Waals surface area contributed by atoms with E-state index in [1.165, 1.54) is 5.56 Å². The monoisotopic (exact) mass is 219 g/mol. The first-order valence-corrected chi connectivity index (χ1v) is 5.49. The second-order valence-corrected chi connectivity index (χ2v) is 3.91. The lowest BCUT2D eigenvalue weighted by Crippen LogP contribution is -2.07. The summed E-state index contributed by atoms with van der Waals surface area (Å²) in [6, 6.07) is 0. The molecule has 0 atom stereocenters. The number of hydrogen-bond acceptors (Lipinski definition) is 3. The number of nitrogens with one attached hydrogen (secondary N) is 1. The van der Waals surface area contributed by atoms with Crippen LogP contribution in [0, 0.1) is 6.92 Å². The third kappa shape index (κ3) is 2.30. The van der Waals surface area contributed by atoms with E-state index in [4.69, 9.17) is 5.73 Å². The normalized spacial score (nSPS) is 10.9. The minimum absolute atomic E-state index is 0.546. The molecule has 0 unspecified atom stereocenters. The van der Waals surface area contributed by atoms with Gasteiger partial charge in [-0.1, -0.05) is 0 Å². The summed E-state index contributed by atoms with van der Waals surface area (Å²) in [6.07, 6.45) is 7.66. The first kappa shape index (κ1) is 10.9. The van der Waals surface area contributed by atoms with Gasteiger partial charge in [0.25, 0.3) is 0 Å². The largest absolute Gasteiger partial charge is 0.333 e. The molecule has 0 amide bonds. The Morgan fingerprint density at radius 2 is 2.31 bits per heavy atom. The highest BCUT2D eigenvalue weighted by atomic mass is 15.1. The van der Waals surface area contributed by atoms with Crippen molar-refractivity contribution in [2.24, 2.45) is 5.73 Å². The van der Waals surface area contributed by atoms with Crippen LogP contribution in [-0.4, -0.2) is 19.7 Å². The molecule has 2 rings (SSSR count). The Morgan fingerprint density at radius 1 is 1.44 bits per heavy atom. The van der Waals surface area contributed by atoms with Crippen LogP contribution in [0.2, 0.25) is 0 Å². The highest BCUT2D eigenvalue weighted by Crippen LogP contribution is 2.08. The SMILES string of the molecule is Cc1[nH]ncc1CCCn1cncc1CN. The first-order chi connectivity index (χ1) is 7.81. The predicted octanol–water partition coefficient (Wildman–Crippen LogP) is 1.01. The summed E-state index contributed by atoms with van der Waals surface area (Å²) in [4.78, 5) is 4.09. The van der Waals surface area contributed by atoms with Crippen molar-refractivity contribution in [1.29, 1.82) is 0 Å². The Morgan fingerprint density at radius 3 is 3.00 bits per heavy atom. The van der Waals surface area contributed by atoms with Gasteiger partial charge in [0.15, 0.2) is 0 Å². The summed E-state index contributed by atoms with van der Waals surface area (Å²) >= 11 is 0. The molecule has 0 fully saturated rings. The average Bonchev–Trinajstić information content (AvgIpc) is 2.88. The lowest BCUT2D eigenvalue weighted by molar-refractivity contribution is 0.616. The second kappa shape index (κ2) is 4.94. The van der Waals surface area contributed by atoms with Gasteiger partial charge >= 0.3 is 0 Å². The third-order valence-corrected chi connectivity index (χ3v) is 2.79. The van der Waals surface area contributed by atoms with Crippen molar-refractivity contribution in [2.75, 3.05) is 0 Å². The van der Waals surface area contributed by atoms with Gasteiger partial charge in [-0.25, -0.2) is 4.98 Å². The van der Waals surface area contributed by atoms with Crippen LogP contribution in [0.25, 0.3) is 0 Å². The molecule has 0 saturated carbocycles. The lowest BCUT2D eigenvalue weighted by atomic mass is 10.1. The zero-order valence-corrected chi connectivity index (χ0v) is 9.48. The first-order valence-electron chi connectivity index (χ1n) is 5.49. The van der Waals surface area contributed by atoms with E-state index in [-0.39, 0.29) is 0 Å². The highest BCUT2D eigenvalue weighted by molar-refractivity contribution is 5.14. The molecule has 0 bridgehead atoms. The fourth-order valence-electron chi connectivity index (χ4n) is 1.79. The van der Waals surface area contributed by atoms with Crippen molar-refractivity contribution in [3.63, 3.8) is 0 Å². The number of nitrogens with zero attached hydrogens (tertiary/aromatic N) is 3. The van der Waals surface area contributed by atoms with Crippen molar-refractivity contribution in [2.45, 2.75) is 32.9 Å². The molecular weight excluding hydrogens is 202 g/mol. The second-order valence-electron chi connectivity index (χ2n) is 3.91. The quantitative estimate of drug-likeness (QED) is 0.788. The van der Waals surface area contributed by atoms with Crippen LogP contribution in [0.1, 0.15) is 23.4 Å². The maximum Gasteiger partial charge on any atom is 0.0948 e. The van der Waals surface area contributed by atoms with Crippen LogP contribution < -0.4 is 5.73 Å². The third-order valence-electron chi connectivity index (χ3n) is 2.79. The maximum absolute atomic E-state index is 5.61. The van der Waals surface area contributed by atoms with Crippen LogP contribution in [0.3, 0.4) is 0 Å². The van der Waals surface area contributed by atoms with Crippen LogP contribution in [0.5, 0.6) is 0 Å². The van der Waals surface area contributed by atoms with Crippen LogP contribution in [-0.2, 0) is 19.5 Å². The van der Waals surface area contributed by atoms with Crippen LogP contribution in [0.15, 0.2) is 18.7 Å². The van der Waals surface area contributed by atoms with E-state index in [1.54, 1.807) is 0 Å². The average molecular weight is 219 g/mol. The smallest absolute Gasteiger partial charge is 0.0948 e. The molecule has 0 aliphatic rings. The van der Waals surface area contributed by atoms with E-state index in [2.05, 4.69) is 19.7 Å². The van der Waals surface area contributed by atoms with E-state index in [1.807, 2.05) is 25.6 Å². The van der Waals surface area contributed by atoms with Crippen molar-refractivity contribution in [3.8, 4) is 0 Å². The van der Waals surface area contributed by atoms with Gasteiger partial charge in [-0.2, -0.15) is 5.10 Å². The van der Waals surface area contributed by atoms with E-state index in [0.29, 0.717) is 6.54 Å². The molecule has 2 aromatic heterocycles. The number of imidazole rings is 1. The molecule has 5 heteroatoms. The Kier molecular flexibility index (Phi) is 3.36. The van der Waals surface area contributed by atoms with Gasteiger partial charge in [0.1, 0.15) is 0 Å². The maximum atomic E-state index is 5.61. The number of nitrogens with two attached hydrogens (primary N) is 1. The van der Waals surface area contributed by atoms with Gasteiger partial charge in [-0.15, -0.1) is 0 Å². The van der Waals surface area contributed by atoms with E-state index < -0.39 is 0 Å². The van der Waals surface area contributed by atoms with Gasteiger partial charge in [0, 0.05) is 25.0 Å². The molecule has 86 valence electrons. The Labute approximate surface area is 94.7 Å². The van der Waals surface area contributed by atoms with E-state index in [0.717, 1.165) is 30.8 Å². The fourth-order valence-corrected chi connectivity index (χ4v) is 1.79. The summed E-state index contributed by atoms with van der Waals surface area (Å²) in [7, 11) is 0. The minimum Gasteiger partial charge on any atom is -0.333 e. The number of H-pyrrole nitrogens is 1. The van der Waals surface area contributed by atoms with Gasteiger partial charge in [0.05, 0.1) is 18.2 Å². The molecule has 5 nitrogen and oxygen atoms in total. The number of rotatable bonds is 5. The molecule has 3 N–H and O–H groups in total. The fraction of sp³-hybridized carbons (Fsp3) is 0.455. The molecule has 2 heterocycles. The number of aryl methyl sites for hydroxylation is 3. The van der Waals surface area contributed by atoms with Crippen molar-refractivity contribution >= 4 is 0 Å². The number of aromatic amines is 1. The number of hydrogen-bond donors (Lipinski definition) is 2. The summed E-state index contributed by atoms with van der Waals surface area (Å²) in [5.74, 6) is 0. The van der Waals surface area contributed by atoms with Crippen molar-refractivity contribution in [1.82, 2.24) is 19.7 Å². The summed E-state index contributed by atoms with van der Waals surface area (Å²) in [5, 5.41) is 6.95. The molecule has 0 aliphatic carbocycles. The Bertz CT molecular complexity index is 443. The molecule has 0 aliphatic heterocycles. The Hall–Kier alpha value is -1.62. The lowest BCUT2D eigenvalue weighted by Gasteiger charge is -2.05. The Balaban J connectivity index is 1.87. The van der Waals surface area contributed by atoms with Gasteiger partial charge < -0.3 is 10.3 Å². The van der Waals surface area contributed by atoms with Gasteiger partial charge in [-0.3, -0.25) is 5.10 Å². The molecule has 0 spiro atoms. The van der Waals surface area contributed by atoms with E-state index in [9.17, 15) is 0 Å². The summed E-state index contributed by atoms with van der Waals surface area (Å²) in [5.41, 5.74) is 9.14. The zero-order chi connectivity index (χ0) is 11.4. The van der Waals surface area contributed by atoms with Crippen LogP contribution >= 0.6 is 0 Å². The summed E-state index contributed by atoms with van der Waals surface area (Å²) < 4.78 is 2.11. The predicted molar refractivity (Wildman–Crippen MR) is 61.8 cm³/mol. The highest BCUT2D eigenvalue weighted by Gasteiger charge is 2.02. The van der Waals surface area contributed by atoms with Crippen molar-refractivity contribution < 1.29 is 0 Å². The zero-order valence-electron chi connectivity index (χ0n) is 9.48. The standard InChI is InChI=1S/C11H17N5/c1-9-10(6-14-15-9)3-2-4-16-8-13-7-11(16)5-12/h6-8H,2-5,12H2,1H3,(H,14,15). The van der Waals surface area contributed by atoms with E-state index >= 15 is 0 Å². The van der Waals surface area contributed by atoms with Crippen LogP contribution in [0.4, 0.5) is 0 Å². The molecule has 16 heavy (non-hydrogen) atoms. The summed E-state index contributed by atoms with van der Waals surface area (Å²) in [6.45, 7) is 3.55. The van der Waals surface area contributed by atoms with Crippen molar-refractivity contribution in [3.05, 3.63) is 35.7 Å². The number of aromatic nitrogens is 4. The van der Waals surface area contributed by atoms with Gasteiger partial charge in [0.2, 0.25) is 0 Å².